The molecule has 0 unspecified atom stereocenters. The molecule has 2 aromatic carbocycles. The van der Waals surface area contributed by atoms with Crippen molar-refractivity contribution >= 4 is 12.4 Å². The molecule has 2 aromatic rings. The Kier molecular flexibility index (Phi) is 6.07. The Balaban J connectivity index is 0.00000180. The maximum absolute atomic E-state index is 6.24. The first-order valence-corrected chi connectivity index (χ1v) is 6.58. The van der Waals surface area contributed by atoms with Crippen LogP contribution in [0.5, 0.6) is 0 Å². The molecule has 2 N–H and O–H groups in total. The molecule has 0 fully saturated rings. The van der Waals surface area contributed by atoms with Crippen molar-refractivity contribution in [1.82, 2.24) is 0 Å². The Morgan fingerprint density at radius 2 is 1.53 bits per heavy atom. The van der Waals surface area contributed by atoms with Crippen molar-refractivity contribution in [2.75, 3.05) is 0 Å². The summed E-state index contributed by atoms with van der Waals surface area (Å²) in [5, 5.41) is 0. The summed E-state index contributed by atoms with van der Waals surface area (Å²) >= 11 is 0. The number of hydrogen-bond donors (Lipinski definition) is 1. The molecule has 0 heterocycles. The van der Waals surface area contributed by atoms with Crippen LogP contribution in [0.1, 0.15) is 31.9 Å². The Labute approximate surface area is 122 Å². The Morgan fingerprint density at radius 1 is 0.895 bits per heavy atom. The van der Waals surface area contributed by atoms with Crippen molar-refractivity contribution in [1.29, 1.82) is 0 Å². The van der Waals surface area contributed by atoms with Crippen LogP contribution in [0.25, 0.3) is 11.1 Å². The van der Waals surface area contributed by atoms with Crippen LogP contribution < -0.4 is 5.73 Å². The minimum Gasteiger partial charge on any atom is -0.324 e. The molecule has 0 radical (unpaired) electrons. The lowest BCUT2D eigenvalue weighted by Gasteiger charge is -2.15. The molecule has 0 aromatic heterocycles. The van der Waals surface area contributed by atoms with E-state index in [2.05, 4.69) is 62.4 Å². The van der Waals surface area contributed by atoms with Crippen molar-refractivity contribution in [2.45, 2.75) is 26.3 Å². The second-order valence-electron chi connectivity index (χ2n) is 5.23. The summed E-state index contributed by atoms with van der Waals surface area (Å²) in [7, 11) is 0. The van der Waals surface area contributed by atoms with E-state index in [0.29, 0.717) is 5.92 Å². The smallest absolute Gasteiger partial charge is 0.0297 e. The fraction of sp³-hybridized carbons (Fsp3) is 0.294. The van der Waals surface area contributed by atoms with Crippen molar-refractivity contribution in [3.05, 3.63) is 60.2 Å². The molecule has 102 valence electrons. The summed E-state index contributed by atoms with van der Waals surface area (Å²) in [5.74, 6) is 0.625. The average Bonchev–Trinajstić information content (AvgIpc) is 2.39. The minimum absolute atomic E-state index is 0. The second kappa shape index (κ2) is 7.32. The summed E-state index contributed by atoms with van der Waals surface area (Å²) in [5.41, 5.74) is 9.96. The first-order chi connectivity index (χ1) is 8.66. The normalized spacial score (nSPS) is 12.0. The predicted octanol–water partition coefficient (Wildman–Crippen LogP) is 4.82. The van der Waals surface area contributed by atoms with Gasteiger partial charge in [-0.3, -0.25) is 0 Å². The van der Waals surface area contributed by atoms with Crippen LogP contribution in [0.15, 0.2) is 54.6 Å². The molecular weight excluding hydrogens is 254 g/mol. The largest absolute Gasteiger partial charge is 0.324 e. The first-order valence-electron chi connectivity index (χ1n) is 6.58. The van der Waals surface area contributed by atoms with Crippen LogP contribution in [0.4, 0.5) is 0 Å². The first kappa shape index (κ1) is 15.7. The Hall–Kier alpha value is -1.31. The molecule has 0 amide bonds. The summed E-state index contributed by atoms with van der Waals surface area (Å²) in [6.45, 7) is 4.42. The zero-order chi connectivity index (χ0) is 13.0. The topological polar surface area (TPSA) is 26.0 Å². The highest BCUT2D eigenvalue weighted by atomic mass is 35.5. The van der Waals surface area contributed by atoms with Gasteiger partial charge in [0.25, 0.3) is 0 Å². The molecule has 0 saturated carbocycles. The third kappa shape index (κ3) is 4.38. The number of halogens is 1. The monoisotopic (exact) mass is 275 g/mol. The Morgan fingerprint density at radius 3 is 2.16 bits per heavy atom. The van der Waals surface area contributed by atoms with Crippen molar-refractivity contribution in [3.63, 3.8) is 0 Å². The minimum atomic E-state index is 0. The highest BCUT2D eigenvalue weighted by Crippen LogP contribution is 2.24. The molecule has 0 bridgehead atoms. The van der Waals surface area contributed by atoms with Crippen LogP contribution in [0.2, 0.25) is 0 Å². The van der Waals surface area contributed by atoms with Gasteiger partial charge in [0.2, 0.25) is 0 Å². The van der Waals surface area contributed by atoms with Crippen LogP contribution >= 0.6 is 12.4 Å². The molecule has 0 spiro atoms. The van der Waals surface area contributed by atoms with E-state index < -0.39 is 0 Å². The van der Waals surface area contributed by atoms with Gasteiger partial charge in [-0.15, -0.1) is 12.4 Å². The van der Waals surface area contributed by atoms with Crippen LogP contribution in [-0.2, 0) is 0 Å². The fourth-order valence-corrected chi connectivity index (χ4v) is 2.22. The van der Waals surface area contributed by atoms with Gasteiger partial charge in [0.1, 0.15) is 0 Å². The van der Waals surface area contributed by atoms with Crippen molar-refractivity contribution < 1.29 is 0 Å². The zero-order valence-corrected chi connectivity index (χ0v) is 12.4. The molecule has 0 saturated heterocycles. The third-order valence-electron chi connectivity index (χ3n) is 3.15. The van der Waals surface area contributed by atoms with Gasteiger partial charge < -0.3 is 5.73 Å². The molecular formula is C17H22ClN. The van der Waals surface area contributed by atoms with Gasteiger partial charge in [-0.05, 0) is 35.1 Å². The molecule has 2 rings (SSSR count). The molecule has 1 atom stereocenters. The Bertz CT molecular complexity index is 494. The van der Waals surface area contributed by atoms with E-state index in [1.807, 2.05) is 6.07 Å². The number of nitrogens with two attached hydrogens (primary N) is 1. The van der Waals surface area contributed by atoms with Crippen molar-refractivity contribution in [2.24, 2.45) is 11.7 Å². The maximum Gasteiger partial charge on any atom is 0.0297 e. The lowest BCUT2D eigenvalue weighted by atomic mass is 9.95. The molecule has 0 aliphatic heterocycles. The van der Waals surface area contributed by atoms with E-state index in [1.54, 1.807) is 0 Å². The highest BCUT2D eigenvalue weighted by Gasteiger charge is 2.09. The highest BCUT2D eigenvalue weighted by molar-refractivity contribution is 5.85. The molecule has 1 nitrogen and oxygen atoms in total. The van der Waals surface area contributed by atoms with Crippen LogP contribution in [0, 0.1) is 5.92 Å². The third-order valence-corrected chi connectivity index (χ3v) is 3.15. The zero-order valence-electron chi connectivity index (χ0n) is 11.5. The number of benzene rings is 2. The second-order valence-corrected chi connectivity index (χ2v) is 5.23. The average molecular weight is 276 g/mol. The van der Waals surface area contributed by atoms with E-state index in [4.69, 9.17) is 5.73 Å². The number of rotatable bonds is 4. The maximum atomic E-state index is 6.24. The van der Waals surface area contributed by atoms with Crippen LogP contribution in [-0.4, -0.2) is 0 Å². The van der Waals surface area contributed by atoms with Crippen molar-refractivity contribution in [3.8, 4) is 11.1 Å². The van der Waals surface area contributed by atoms with E-state index >= 15 is 0 Å². The van der Waals surface area contributed by atoms with E-state index in [1.165, 1.54) is 16.7 Å². The lowest BCUT2D eigenvalue weighted by molar-refractivity contribution is 0.510. The van der Waals surface area contributed by atoms with Gasteiger partial charge in [-0.25, -0.2) is 0 Å². The predicted molar refractivity (Wildman–Crippen MR) is 85.5 cm³/mol. The van der Waals surface area contributed by atoms with Gasteiger partial charge in [-0.2, -0.15) is 0 Å². The standard InChI is InChI=1S/C17H21N.ClH/c1-13(2)11-17(18)16-10-6-9-15(12-16)14-7-4-3-5-8-14;/h3-10,12-13,17H,11,18H2,1-2H3;1H/t17-;/m1./s1. The lowest BCUT2D eigenvalue weighted by Crippen LogP contribution is -2.12. The summed E-state index contributed by atoms with van der Waals surface area (Å²) in [6, 6.07) is 19.1. The van der Waals surface area contributed by atoms with Gasteiger partial charge >= 0.3 is 0 Å². The molecule has 0 aliphatic carbocycles. The SMILES string of the molecule is CC(C)C[C@@H](N)c1cccc(-c2ccccc2)c1.Cl. The van der Waals surface area contributed by atoms with E-state index in [9.17, 15) is 0 Å². The molecule has 0 aliphatic rings. The van der Waals surface area contributed by atoms with E-state index in [0.717, 1.165) is 6.42 Å². The van der Waals surface area contributed by atoms with Gasteiger partial charge in [0.05, 0.1) is 0 Å². The fourth-order valence-electron chi connectivity index (χ4n) is 2.22. The molecule has 2 heteroatoms. The quantitative estimate of drug-likeness (QED) is 0.850. The van der Waals surface area contributed by atoms with Crippen LogP contribution in [0.3, 0.4) is 0 Å². The summed E-state index contributed by atoms with van der Waals surface area (Å²) < 4.78 is 0. The molecule has 19 heavy (non-hydrogen) atoms. The van der Waals surface area contributed by atoms with E-state index in [-0.39, 0.29) is 18.4 Å². The summed E-state index contributed by atoms with van der Waals surface area (Å²) in [4.78, 5) is 0. The van der Waals surface area contributed by atoms with Gasteiger partial charge in [0, 0.05) is 6.04 Å². The van der Waals surface area contributed by atoms with Gasteiger partial charge in [-0.1, -0.05) is 62.4 Å². The summed E-state index contributed by atoms with van der Waals surface area (Å²) in [6.07, 6.45) is 1.03. The van der Waals surface area contributed by atoms with Gasteiger partial charge in [0.15, 0.2) is 0 Å². The number of hydrogen-bond acceptors (Lipinski definition) is 1.